The summed E-state index contributed by atoms with van der Waals surface area (Å²) >= 11 is 1.93. The second-order valence-corrected chi connectivity index (χ2v) is 4.76. The highest BCUT2D eigenvalue weighted by atomic mass is 127. The average molecular weight is 337 g/mol. The van der Waals surface area contributed by atoms with Gasteiger partial charge in [0.15, 0.2) is 0 Å². The van der Waals surface area contributed by atoms with Gasteiger partial charge in [-0.15, -0.1) is 0 Å². The zero-order valence-corrected chi connectivity index (χ0v) is 11.5. The topological polar surface area (TPSA) is 78.0 Å². The molecule has 5 nitrogen and oxygen atoms in total. The number of halogens is 1. The molecule has 0 aliphatic rings. The van der Waals surface area contributed by atoms with E-state index >= 15 is 0 Å². The summed E-state index contributed by atoms with van der Waals surface area (Å²) in [5.41, 5.74) is -0.914. The standard InChI is InChI=1S/C10H16IN3O2/c1-3-10(16,4-2)5-12-8-7(11)9(15)14-6-13-8/h6,16H,3-5H2,1-2H3,(H2,12,13,14,15). The van der Waals surface area contributed by atoms with Crippen molar-refractivity contribution in [2.45, 2.75) is 32.3 Å². The third-order valence-corrected chi connectivity index (χ3v) is 3.70. The number of hydrogen-bond acceptors (Lipinski definition) is 4. The van der Waals surface area contributed by atoms with Crippen LogP contribution in [0.3, 0.4) is 0 Å². The fourth-order valence-corrected chi connectivity index (χ4v) is 1.74. The van der Waals surface area contributed by atoms with Gasteiger partial charge in [0.25, 0.3) is 5.56 Å². The largest absolute Gasteiger partial charge is 0.388 e. The summed E-state index contributed by atoms with van der Waals surface area (Å²) < 4.78 is 0.509. The molecule has 0 aliphatic heterocycles. The first kappa shape index (κ1) is 13.4. The van der Waals surface area contributed by atoms with Gasteiger partial charge in [0.1, 0.15) is 9.39 Å². The molecule has 90 valence electrons. The van der Waals surface area contributed by atoms with E-state index < -0.39 is 5.60 Å². The Morgan fingerprint density at radius 2 is 2.19 bits per heavy atom. The quantitative estimate of drug-likeness (QED) is 0.709. The Bertz CT molecular complexity index is 401. The molecular weight excluding hydrogens is 321 g/mol. The molecule has 0 fully saturated rings. The van der Waals surface area contributed by atoms with Gasteiger partial charge < -0.3 is 15.4 Å². The van der Waals surface area contributed by atoms with Crippen LogP contribution in [0.4, 0.5) is 5.82 Å². The summed E-state index contributed by atoms with van der Waals surface area (Å²) in [5, 5.41) is 13.1. The van der Waals surface area contributed by atoms with Crippen molar-refractivity contribution < 1.29 is 5.11 Å². The van der Waals surface area contributed by atoms with Crippen LogP contribution in [0, 0.1) is 3.57 Å². The molecule has 6 heteroatoms. The number of H-pyrrole nitrogens is 1. The Hall–Kier alpha value is -0.630. The molecule has 0 unspecified atom stereocenters. The van der Waals surface area contributed by atoms with Gasteiger partial charge in [0.05, 0.1) is 11.9 Å². The van der Waals surface area contributed by atoms with E-state index in [0.29, 0.717) is 28.8 Å². The predicted molar refractivity (Wildman–Crippen MR) is 71.6 cm³/mol. The number of nitrogens with zero attached hydrogens (tertiary/aromatic N) is 1. The summed E-state index contributed by atoms with van der Waals surface area (Å²) in [6.45, 7) is 4.26. The second-order valence-electron chi connectivity index (χ2n) is 3.68. The smallest absolute Gasteiger partial charge is 0.266 e. The van der Waals surface area contributed by atoms with Gasteiger partial charge in [-0.2, -0.15) is 0 Å². The molecule has 0 radical (unpaired) electrons. The van der Waals surface area contributed by atoms with Crippen LogP contribution in [0.1, 0.15) is 26.7 Å². The predicted octanol–water partition coefficient (Wildman–Crippen LogP) is 1.34. The summed E-state index contributed by atoms with van der Waals surface area (Å²) in [6, 6.07) is 0. The maximum absolute atomic E-state index is 11.3. The van der Waals surface area contributed by atoms with Crippen LogP contribution in [0.25, 0.3) is 0 Å². The number of hydrogen-bond donors (Lipinski definition) is 3. The molecule has 1 aromatic heterocycles. The van der Waals surface area contributed by atoms with Crippen LogP contribution in [0.5, 0.6) is 0 Å². The molecule has 16 heavy (non-hydrogen) atoms. The van der Waals surface area contributed by atoms with Crippen molar-refractivity contribution in [1.29, 1.82) is 0 Å². The average Bonchev–Trinajstić information content (AvgIpc) is 2.31. The minimum atomic E-state index is -0.743. The molecular formula is C10H16IN3O2. The lowest BCUT2D eigenvalue weighted by molar-refractivity contribution is 0.0456. The fourth-order valence-electron chi connectivity index (χ4n) is 1.25. The lowest BCUT2D eigenvalue weighted by Gasteiger charge is -2.25. The summed E-state index contributed by atoms with van der Waals surface area (Å²) in [6.07, 6.45) is 2.68. The third kappa shape index (κ3) is 3.18. The summed E-state index contributed by atoms with van der Waals surface area (Å²) in [5.74, 6) is 0.518. The van der Waals surface area contributed by atoms with Crippen LogP contribution in [-0.4, -0.2) is 27.2 Å². The van der Waals surface area contributed by atoms with E-state index in [1.165, 1.54) is 6.33 Å². The molecule has 0 amide bonds. The van der Waals surface area contributed by atoms with E-state index in [9.17, 15) is 9.90 Å². The number of aromatic nitrogens is 2. The molecule has 1 heterocycles. The third-order valence-electron chi connectivity index (χ3n) is 2.70. The zero-order chi connectivity index (χ0) is 12.2. The normalized spacial score (nSPS) is 11.5. The molecule has 0 saturated heterocycles. The van der Waals surface area contributed by atoms with Crippen molar-refractivity contribution in [3.63, 3.8) is 0 Å². The number of aromatic amines is 1. The van der Waals surface area contributed by atoms with Crippen molar-refractivity contribution in [1.82, 2.24) is 9.97 Å². The van der Waals surface area contributed by atoms with Gasteiger partial charge in [-0.25, -0.2) is 4.98 Å². The van der Waals surface area contributed by atoms with Gasteiger partial charge in [0, 0.05) is 6.54 Å². The maximum atomic E-state index is 11.3. The summed E-state index contributed by atoms with van der Waals surface area (Å²) in [7, 11) is 0. The first-order chi connectivity index (χ1) is 7.52. The SMILES string of the molecule is CCC(O)(CC)CNc1nc[nH]c(=O)c1I. The zero-order valence-electron chi connectivity index (χ0n) is 9.38. The molecule has 3 N–H and O–H groups in total. The molecule has 1 aromatic rings. The Labute approximate surface area is 108 Å². The lowest BCUT2D eigenvalue weighted by Crippen LogP contribution is -2.36. The Morgan fingerprint density at radius 3 is 2.75 bits per heavy atom. The van der Waals surface area contributed by atoms with E-state index in [1.807, 2.05) is 36.4 Å². The van der Waals surface area contributed by atoms with Gasteiger partial charge in [-0.05, 0) is 35.4 Å². The Kier molecular flexibility index (Phi) is 4.72. The van der Waals surface area contributed by atoms with Crippen molar-refractivity contribution in [3.8, 4) is 0 Å². The van der Waals surface area contributed by atoms with Crippen molar-refractivity contribution in [2.75, 3.05) is 11.9 Å². The molecule has 0 spiro atoms. The Morgan fingerprint density at radius 1 is 1.56 bits per heavy atom. The minimum Gasteiger partial charge on any atom is -0.388 e. The van der Waals surface area contributed by atoms with Gasteiger partial charge in [-0.3, -0.25) is 4.79 Å². The van der Waals surface area contributed by atoms with Crippen LogP contribution in [-0.2, 0) is 0 Å². The van der Waals surface area contributed by atoms with Crippen LogP contribution >= 0.6 is 22.6 Å². The van der Waals surface area contributed by atoms with Gasteiger partial charge in [-0.1, -0.05) is 13.8 Å². The second kappa shape index (κ2) is 5.62. The monoisotopic (exact) mass is 337 g/mol. The van der Waals surface area contributed by atoms with E-state index in [2.05, 4.69) is 15.3 Å². The van der Waals surface area contributed by atoms with Crippen LogP contribution in [0.15, 0.2) is 11.1 Å². The van der Waals surface area contributed by atoms with E-state index in [-0.39, 0.29) is 5.56 Å². The fraction of sp³-hybridized carbons (Fsp3) is 0.600. The molecule has 0 bridgehead atoms. The maximum Gasteiger partial charge on any atom is 0.266 e. The Balaban J connectivity index is 2.75. The molecule has 0 aromatic carbocycles. The van der Waals surface area contributed by atoms with E-state index in [0.717, 1.165) is 0 Å². The first-order valence-electron chi connectivity index (χ1n) is 5.22. The number of aliphatic hydroxyl groups is 1. The number of rotatable bonds is 5. The molecule has 0 saturated carbocycles. The summed E-state index contributed by atoms with van der Waals surface area (Å²) in [4.78, 5) is 17.8. The van der Waals surface area contributed by atoms with E-state index in [4.69, 9.17) is 0 Å². The molecule has 0 aliphatic carbocycles. The first-order valence-corrected chi connectivity index (χ1v) is 6.29. The van der Waals surface area contributed by atoms with Gasteiger partial charge >= 0.3 is 0 Å². The van der Waals surface area contributed by atoms with Crippen LogP contribution < -0.4 is 10.9 Å². The highest BCUT2D eigenvalue weighted by Crippen LogP contribution is 2.16. The molecule has 1 rings (SSSR count). The van der Waals surface area contributed by atoms with Crippen LogP contribution in [0.2, 0.25) is 0 Å². The molecule has 0 atom stereocenters. The number of nitrogens with one attached hydrogen (secondary N) is 2. The lowest BCUT2D eigenvalue weighted by atomic mass is 9.98. The van der Waals surface area contributed by atoms with Crippen molar-refractivity contribution in [2.24, 2.45) is 0 Å². The van der Waals surface area contributed by atoms with Gasteiger partial charge in [0.2, 0.25) is 0 Å². The van der Waals surface area contributed by atoms with Crippen molar-refractivity contribution >= 4 is 28.4 Å². The minimum absolute atomic E-state index is 0.172. The van der Waals surface area contributed by atoms with Crippen molar-refractivity contribution in [3.05, 3.63) is 20.3 Å². The highest BCUT2D eigenvalue weighted by molar-refractivity contribution is 14.1. The van der Waals surface area contributed by atoms with E-state index in [1.54, 1.807) is 0 Å². The highest BCUT2D eigenvalue weighted by Gasteiger charge is 2.22. The number of anilines is 1.